The second kappa shape index (κ2) is 8.10. The molecule has 122 valence electrons. The molecular weight excluding hydrogens is 309 g/mol. The summed E-state index contributed by atoms with van der Waals surface area (Å²) in [6.45, 7) is 5.11. The van der Waals surface area contributed by atoms with Gasteiger partial charge in [0.15, 0.2) is 0 Å². The van der Waals surface area contributed by atoms with Gasteiger partial charge in [-0.05, 0) is 43.6 Å². The van der Waals surface area contributed by atoms with E-state index in [4.69, 9.17) is 0 Å². The summed E-state index contributed by atoms with van der Waals surface area (Å²) < 4.78 is 13.6. The van der Waals surface area contributed by atoms with E-state index in [2.05, 4.69) is 22.9 Å². The summed E-state index contributed by atoms with van der Waals surface area (Å²) >= 11 is 0. The van der Waals surface area contributed by atoms with Crippen molar-refractivity contribution in [2.24, 2.45) is 5.92 Å². The number of benzene rings is 1. The maximum atomic E-state index is 13.6. The Kier molecular flexibility index (Phi) is 6.77. The van der Waals surface area contributed by atoms with Crippen molar-refractivity contribution in [3.63, 3.8) is 0 Å². The van der Waals surface area contributed by atoms with Crippen LogP contribution in [0.4, 0.5) is 10.1 Å². The van der Waals surface area contributed by atoms with Crippen LogP contribution in [0.2, 0.25) is 0 Å². The van der Waals surface area contributed by atoms with Gasteiger partial charge in [0.05, 0.1) is 5.69 Å². The highest BCUT2D eigenvalue weighted by molar-refractivity contribution is 5.97. The van der Waals surface area contributed by atoms with E-state index in [-0.39, 0.29) is 36.0 Å². The molecule has 1 aliphatic heterocycles. The van der Waals surface area contributed by atoms with Gasteiger partial charge in [0.25, 0.3) is 5.91 Å². The van der Waals surface area contributed by atoms with E-state index in [1.807, 2.05) is 0 Å². The zero-order chi connectivity index (χ0) is 15.4. The van der Waals surface area contributed by atoms with Crippen molar-refractivity contribution in [3.05, 3.63) is 29.6 Å². The molecule has 2 amide bonds. The summed E-state index contributed by atoms with van der Waals surface area (Å²) in [6.07, 6.45) is 0.868. The van der Waals surface area contributed by atoms with Crippen LogP contribution in [0.1, 0.15) is 30.6 Å². The molecule has 0 spiro atoms. The number of carbonyl (C=O) groups excluding carboxylic acids is 2. The Bertz CT molecular complexity index is 554. The van der Waals surface area contributed by atoms with Crippen LogP contribution in [0.25, 0.3) is 0 Å². The smallest absolute Gasteiger partial charge is 0.251 e. The van der Waals surface area contributed by atoms with Crippen LogP contribution in [0.15, 0.2) is 18.2 Å². The SMILES string of the molecule is CC(=O)Nc1cc(C(=O)NC2CCNCC2C)ccc1F.Cl. The van der Waals surface area contributed by atoms with E-state index in [0.29, 0.717) is 11.5 Å². The van der Waals surface area contributed by atoms with E-state index in [1.54, 1.807) is 0 Å². The largest absolute Gasteiger partial charge is 0.349 e. The van der Waals surface area contributed by atoms with Gasteiger partial charge in [-0.2, -0.15) is 0 Å². The molecule has 1 aromatic carbocycles. The minimum atomic E-state index is -0.558. The fraction of sp³-hybridized carbons (Fsp3) is 0.467. The molecule has 3 N–H and O–H groups in total. The van der Waals surface area contributed by atoms with E-state index < -0.39 is 5.82 Å². The Balaban J connectivity index is 0.00000242. The van der Waals surface area contributed by atoms with Gasteiger partial charge in [-0.1, -0.05) is 6.92 Å². The average Bonchev–Trinajstić information content (AvgIpc) is 2.43. The summed E-state index contributed by atoms with van der Waals surface area (Å²) in [4.78, 5) is 23.3. The predicted molar refractivity (Wildman–Crippen MR) is 85.9 cm³/mol. The summed E-state index contributed by atoms with van der Waals surface area (Å²) in [6, 6.07) is 4.07. The third kappa shape index (κ3) is 4.68. The summed E-state index contributed by atoms with van der Waals surface area (Å²) in [5.41, 5.74) is 0.361. The molecule has 1 aromatic rings. The monoisotopic (exact) mass is 329 g/mol. The van der Waals surface area contributed by atoms with Crippen molar-refractivity contribution in [2.75, 3.05) is 18.4 Å². The third-order valence-corrected chi connectivity index (χ3v) is 3.64. The lowest BCUT2D eigenvalue weighted by atomic mass is 9.95. The van der Waals surface area contributed by atoms with E-state index in [9.17, 15) is 14.0 Å². The van der Waals surface area contributed by atoms with Gasteiger partial charge in [-0.25, -0.2) is 4.39 Å². The maximum Gasteiger partial charge on any atom is 0.251 e. The van der Waals surface area contributed by atoms with Gasteiger partial charge in [-0.15, -0.1) is 12.4 Å². The van der Waals surface area contributed by atoms with Gasteiger partial charge in [0, 0.05) is 18.5 Å². The molecule has 0 aromatic heterocycles. The highest BCUT2D eigenvalue weighted by Crippen LogP contribution is 2.17. The normalized spacial score (nSPS) is 20.7. The van der Waals surface area contributed by atoms with Crippen molar-refractivity contribution in [1.29, 1.82) is 0 Å². The quantitative estimate of drug-likeness (QED) is 0.793. The first-order valence-electron chi connectivity index (χ1n) is 7.06. The standard InChI is InChI=1S/C15H20FN3O2.ClH/c1-9-8-17-6-5-13(9)19-15(21)11-3-4-12(16)14(7-11)18-10(2)20;/h3-4,7,9,13,17H,5-6,8H2,1-2H3,(H,18,20)(H,19,21);1H. The molecular formula is C15H21ClFN3O2. The summed E-state index contributed by atoms with van der Waals surface area (Å²) in [5.74, 6) is -0.839. The molecule has 22 heavy (non-hydrogen) atoms. The van der Waals surface area contributed by atoms with Gasteiger partial charge >= 0.3 is 0 Å². The number of hydrogen-bond acceptors (Lipinski definition) is 3. The lowest BCUT2D eigenvalue weighted by Crippen LogP contribution is -2.48. The molecule has 2 unspecified atom stereocenters. The fourth-order valence-corrected chi connectivity index (χ4v) is 2.43. The Morgan fingerprint density at radius 3 is 2.73 bits per heavy atom. The summed E-state index contributed by atoms with van der Waals surface area (Å²) in [5, 5.41) is 8.61. The first-order valence-corrected chi connectivity index (χ1v) is 7.06. The Morgan fingerprint density at radius 2 is 2.09 bits per heavy atom. The second-order valence-electron chi connectivity index (χ2n) is 5.43. The molecule has 1 saturated heterocycles. The van der Waals surface area contributed by atoms with Gasteiger partial charge in [-0.3, -0.25) is 9.59 Å². The highest BCUT2D eigenvalue weighted by atomic mass is 35.5. The number of piperidine rings is 1. The third-order valence-electron chi connectivity index (χ3n) is 3.64. The zero-order valence-corrected chi connectivity index (χ0v) is 13.4. The lowest BCUT2D eigenvalue weighted by molar-refractivity contribution is -0.114. The van der Waals surface area contributed by atoms with Crippen molar-refractivity contribution in [3.8, 4) is 0 Å². The fourth-order valence-electron chi connectivity index (χ4n) is 2.43. The number of hydrogen-bond donors (Lipinski definition) is 3. The van der Waals surface area contributed by atoms with Crippen molar-refractivity contribution >= 4 is 29.9 Å². The Morgan fingerprint density at radius 1 is 1.36 bits per heavy atom. The molecule has 0 bridgehead atoms. The lowest BCUT2D eigenvalue weighted by Gasteiger charge is -2.30. The van der Waals surface area contributed by atoms with Gasteiger partial charge in [0.2, 0.25) is 5.91 Å². The number of amides is 2. The molecule has 0 saturated carbocycles. The van der Waals surface area contributed by atoms with Gasteiger partial charge < -0.3 is 16.0 Å². The van der Waals surface area contributed by atoms with Gasteiger partial charge in [0.1, 0.15) is 5.82 Å². The molecule has 0 aliphatic carbocycles. The van der Waals surface area contributed by atoms with Crippen molar-refractivity contribution in [1.82, 2.24) is 10.6 Å². The van der Waals surface area contributed by atoms with Crippen LogP contribution in [0.3, 0.4) is 0 Å². The number of nitrogens with one attached hydrogen (secondary N) is 3. The van der Waals surface area contributed by atoms with Crippen LogP contribution in [0.5, 0.6) is 0 Å². The molecule has 2 rings (SSSR count). The molecule has 1 aliphatic rings. The summed E-state index contributed by atoms with van der Waals surface area (Å²) in [7, 11) is 0. The highest BCUT2D eigenvalue weighted by Gasteiger charge is 2.23. The van der Waals surface area contributed by atoms with E-state index in [0.717, 1.165) is 19.5 Å². The average molecular weight is 330 g/mol. The van der Waals surface area contributed by atoms with E-state index >= 15 is 0 Å². The first-order chi connectivity index (χ1) is 9.97. The van der Waals surface area contributed by atoms with Crippen molar-refractivity contribution < 1.29 is 14.0 Å². The van der Waals surface area contributed by atoms with E-state index in [1.165, 1.54) is 25.1 Å². The van der Waals surface area contributed by atoms with Crippen molar-refractivity contribution in [2.45, 2.75) is 26.3 Å². The number of rotatable bonds is 3. The van der Waals surface area contributed by atoms with Crippen LogP contribution in [-0.4, -0.2) is 30.9 Å². The number of carbonyl (C=O) groups is 2. The maximum absolute atomic E-state index is 13.6. The van der Waals surface area contributed by atoms with Crippen LogP contribution in [0, 0.1) is 11.7 Å². The molecule has 1 fully saturated rings. The Hall–Kier alpha value is -1.66. The van der Waals surface area contributed by atoms with Crippen LogP contribution >= 0.6 is 12.4 Å². The molecule has 2 atom stereocenters. The molecule has 7 heteroatoms. The first kappa shape index (κ1) is 18.4. The minimum absolute atomic E-state index is 0. The second-order valence-corrected chi connectivity index (χ2v) is 5.43. The topological polar surface area (TPSA) is 70.2 Å². The molecule has 1 heterocycles. The van der Waals surface area contributed by atoms with Crippen LogP contribution in [-0.2, 0) is 4.79 Å². The minimum Gasteiger partial charge on any atom is -0.349 e. The molecule has 5 nitrogen and oxygen atoms in total. The zero-order valence-electron chi connectivity index (χ0n) is 12.6. The Labute approximate surface area is 135 Å². The number of anilines is 1. The predicted octanol–water partition coefficient (Wildman–Crippen LogP) is 1.93. The molecule has 0 radical (unpaired) electrons. The number of halogens is 2. The van der Waals surface area contributed by atoms with Crippen LogP contribution < -0.4 is 16.0 Å².